The maximum atomic E-state index is 14.0. The Bertz CT molecular complexity index is 1380. The summed E-state index contributed by atoms with van der Waals surface area (Å²) < 4.78 is 25.4. The van der Waals surface area contributed by atoms with E-state index in [0.29, 0.717) is 5.92 Å². The van der Waals surface area contributed by atoms with Crippen molar-refractivity contribution in [3.05, 3.63) is 0 Å². The highest BCUT2D eigenvalue weighted by atomic mass is 16.6. The number of methoxy groups -OCH3 is 1. The molecule has 13 atom stereocenters. The maximum absolute atomic E-state index is 14.0. The number of aliphatic hydroxyl groups excluding tert-OH is 1. The van der Waals surface area contributed by atoms with Crippen LogP contribution in [0.1, 0.15) is 141 Å². The van der Waals surface area contributed by atoms with Crippen molar-refractivity contribution in [2.75, 3.05) is 14.2 Å². The number of esters is 1. The first-order valence-electron chi connectivity index (χ1n) is 20.0. The zero-order chi connectivity index (χ0) is 38.1. The molecule has 5 aliphatic carbocycles. The van der Waals surface area contributed by atoms with Gasteiger partial charge in [-0.2, -0.15) is 0 Å². The summed E-state index contributed by atoms with van der Waals surface area (Å²) in [6.45, 7) is 24.7. The molecule has 0 radical (unpaired) electrons. The third kappa shape index (κ3) is 5.65. The monoisotopic (exact) mass is 718 g/mol. The second-order valence-corrected chi connectivity index (χ2v) is 21.3. The van der Waals surface area contributed by atoms with Crippen molar-refractivity contribution in [1.29, 1.82) is 0 Å². The van der Waals surface area contributed by atoms with Gasteiger partial charge in [0.05, 0.1) is 29.5 Å². The Morgan fingerprint density at radius 3 is 2.10 bits per heavy atom. The number of nitrogens with zero attached hydrogens (tertiary/aromatic N) is 1. The molecule has 2 spiro atoms. The molecule has 0 aromatic rings. The Morgan fingerprint density at radius 1 is 0.902 bits per heavy atom. The smallest absolute Gasteiger partial charge is 0.410 e. The number of hydrogen-bond acceptors (Lipinski definition) is 8. The lowest BCUT2D eigenvalue weighted by Gasteiger charge is -2.65. The molecule has 2 N–H and O–H groups in total. The standard InChI is InChI=1S/C42H71NO8/c1-24(2)30(43(13)34(46)51-35(3,4)5)33(45)49-28-16-18-42-23-41(42)20-19-38(10)31(40(12)17-15-29(50-40)37(8,9)47)25(44)22-39(38,11)27(41)21-26(48-14)32(42)36(28,6)7/h24-32,44,47H,15-23H2,1-14H3/t25?,26-,27?,28-,29-,30-,31-,32-,38+,39-,40+,41?,42+/m0/s1. The number of hydrogen-bond donors (Lipinski definition) is 2. The van der Waals surface area contributed by atoms with Crippen molar-refractivity contribution in [2.24, 2.45) is 50.7 Å². The average molecular weight is 718 g/mol. The van der Waals surface area contributed by atoms with Gasteiger partial charge in [-0.1, -0.05) is 41.5 Å². The van der Waals surface area contributed by atoms with E-state index >= 15 is 0 Å². The molecule has 0 aromatic heterocycles. The van der Waals surface area contributed by atoms with E-state index in [2.05, 4.69) is 34.6 Å². The molecule has 292 valence electrons. The molecule has 6 aliphatic rings. The SMILES string of the molecule is CO[C@H]1CC2C3(CC[C@]4(C)[C@@H]([C@@]5(C)CC[C@@H](C(C)(C)O)O5)C(O)C[C@@]24C)C[C@@]32CC[C@H](OC(=O)[C@H](C(C)C)N(C)C(=O)OC(C)(C)C)C(C)(C)[C@H]12. The summed E-state index contributed by atoms with van der Waals surface area (Å²) in [5.41, 5.74) is -2.36. The summed E-state index contributed by atoms with van der Waals surface area (Å²) in [6, 6.07) is -0.755. The van der Waals surface area contributed by atoms with Gasteiger partial charge in [-0.3, -0.25) is 4.90 Å². The second-order valence-electron chi connectivity index (χ2n) is 21.3. The van der Waals surface area contributed by atoms with Crippen LogP contribution in [0.2, 0.25) is 0 Å². The molecule has 1 heterocycles. The molecule has 9 nitrogen and oxygen atoms in total. The highest BCUT2D eigenvalue weighted by Gasteiger charge is 2.85. The van der Waals surface area contributed by atoms with Gasteiger partial charge in [-0.25, -0.2) is 9.59 Å². The fraction of sp³-hybridized carbons (Fsp3) is 0.952. The lowest BCUT2D eigenvalue weighted by Crippen LogP contribution is -2.63. The number of amides is 1. The molecule has 0 bridgehead atoms. The molecule has 3 unspecified atom stereocenters. The normalized spacial score (nSPS) is 46.3. The van der Waals surface area contributed by atoms with E-state index in [0.717, 1.165) is 57.8 Å². The topological polar surface area (TPSA) is 115 Å². The van der Waals surface area contributed by atoms with E-state index in [1.807, 2.05) is 55.6 Å². The van der Waals surface area contributed by atoms with Crippen LogP contribution in [0.4, 0.5) is 4.79 Å². The predicted molar refractivity (Wildman–Crippen MR) is 196 cm³/mol. The van der Waals surface area contributed by atoms with Gasteiger partial charge in [0.1, 0.15) is 17.7 Å². The highest BCUT2D eigenvalue weighted by molar-refractivity contribution is 5.82. The second kappa shape index (κ2) is 12.0. The van der Waals surface area contributed by atoms with Gasteiger partial charge in [0, 0.05) is 25.5 Å². The molecular weight excluding hydrogens is 646 g/mol. The lowest BCUT2D eigenvalue weighted by atomic mass is 9.41. The van der Waals surface area contributed by atoms with Crippen LogP contribution >= 0.6 is 0 Å². The summed E-state index contributed by atoms with van der Waals surface area (Å²) in [5, 5.41) is 22.9. The van der Waals surface area contributed by atoms with Gasteiger partial charge < -0.3 is 29.2 Å². The Morgan fingerprint density at radius 2 is 1.55 bits per heavy atom. The zero-order valence-electron chi connectivity index (χ0n) is 34.4. The van der Waals surface area contributed by atoms with Gasteiger partial charge in [0.15, 0.2) is 0 Å². The predicted octanol–water partition coefficient (Wildman–Crippen LogP) is 7.53. The van der Waals surface area contributed by atoms with Crippen LogP contribution < -0.4 is 0 Å². The number of likely N-dealkylation sites (N-methyl/N-ethyl adjacent to an activating group) is 1. The van der Waals surface area contributed by atoms with Crippen molar-refractivity contribution in [3.63, 3.8) is 0 Å². The van der Waals surface area contributed by atoms with E-state index < -0.39 is 35.0 Å². The summed E-state index contributed by atoms with van der Waals surface area (Å²) in [5.74, 6) is 0.0941. The van der Waals surface area contributed by atoms with Gasteiger partial charge in [0.25, 0.3) is 0 Å². The van der Waals surface area contributed by atoms with Crippen LogP contribution in [0.5, 0.6) is 0 Å². The summed E-state index contributed by atoms with van der Waals surface area (Å²) in [6.07, 6.45) is 6.91. The van der Waals surface area contributed by atoms with Gasteiger partial charge >= 0.3 is 12.1 Å². The highest BCUT2D eigenvalue weighted by Crippen LogP contribution is 2.89. The number of rotatable bonds is 7. The minimum Gasteiger partial charge on any atom is -0.460 e. The Balaban J connectivity index is 1.26. The molecular formula is C42H71NO8. The van der Waals surface area contributed by atoms with Crippen molar-refractivity contribution in [2.45, 2.75) is 188 Å². The molecule has 9 heteroatoms. The van der Waals surface area contributed by atoms with Crippen LogP contribution in [-0.4, -0.2) is 88.6 Å². The Labute approximate surface area is 308 Å². The largest absolute Gasteiger partial charge is 0.460 e. The minimum atomic E-state index is -0.920. The first-order valence-corrected chi connectivity index (χ1v) is 20.0. The fourth-order valence-corrected chi connectivity index (χ4v) is 14.1. The van der Waals surface area contributed by atoms with E-state index in [1.54, 1.807) is 7.05 Å². The van der Waals surface area contributed by atoms with Crippen molar-refractivity contribution in [3.8, 4) is 0 Å². The Hall–Kier alpha value is -1.42. The Kier molecular flexibility index (Phi) is 9.27. The van der Waals surface area contributed by atoms with Crippen LogP contribution in [0, 0.1) is 50.7 Å². The van der Waals surface area contributed by atoms with Crippen molar-refractivity contribution >= 4 is 12.1 Å². The average Bonchev–Trinajstić information content (AvgIpc) is 3.35. The van der Waals surface area contributed by atoms with Gasteiger partial charge in [-0.15, -0.1) is 0 Å². The van der Waals surface area contributed by atoms with Crippen LogP contribution in [0.3, 0.4) is 0 Å². The van der Waals surface area contributed by atoms with Gasteiger partial charge in [-0.05, 0) is 139 Å². The molecule has 1 saturated heterocycles. The third-order valence-electron chi connectivity index (χ3n) is 16.2. The fourth-order valence-electron chi connectivity index (χ4n) is 14.1. The number of aliphatic hydroxyl groups is 2. The first kappa shape index (κ1) is 39.3. The lowest BCUT2D eigenvalue weighted by molar-refractivity contribution is -0.223. The van der Waals surface area contributed by atoms with Gasteiger partial charge in [0.2, 0.25) is 0 Å². The quantitative estimate of drug-likeness (QED) is 0.260. The first-order chi connectivity index (χ1) is 23.2. The molecule has 1 amide bonds. The number of fused-ring (bicyclic) bond motifs is 2. The number of carbonyl (C=O) groups excluding carboxylic acids is 2. The van der Waals surface area contributed by atoms with Crippen molar-refractivity contribution in [1.82, 2.24) is 4.90 Å². The van der Waals surface area contributed by atoms with E-state index in [-0.39, 0.29) is 69.1 Å². The summed E-state index contributed by atoms with van der Waals surface area (Å²) in [7, 11) is 3.48. The van der Waals surface area contributed by atoms with E-state index in [1.165, 1.54) is 4.90 Å². The minimum absolute atomic E-state index is 0.000661. The maximum Gasteiger partial charge on any atom is 0.410 e. The molecule has 6 rings (SSSR count). The molecule has 1 aliphatic heterocycles. The summed E-state index contributed by atoms with van der Waals surface area (Å²) >= 11 is 0. The molecule has 6 fully saturated rings. The van der Waals surface area contributed by atoms with Crippen molar-refractivity contribution < 1.29 is 38.7 Å². The number of carbonyl (C=O) groups is 2. The molecule has 0 aromatic carbocycles. The van der Waals surface area contributed by atoms with Crippen LogP contribution in [0.25, 0.3) is 0 Å². The molecule has 5 saturated carbocycles. The number of ether oxygens (including phenoxy) is 4. The van der Waals surface area contributed by atoms with Crippen LogP contribution in [-0.2, 0) is 23.7 Å². The third-order valence-corrected chi connectivity index (χ3v) is 16.2. The summed E-state index contributed by atoms with van der Waals surface area (Å²) in [4.78, 5) is 28.4. The van der Waals surface area contributed by atoms with E-state index in [4.69, 9.17) is 18.9 Å². The zero-order valence-corrected chi connectivity index (χ0v) is 34.4. The van der Waals surface area contributed by atoms with Crippen LogP contribution in [0.15, 0.2) is 0 Å². The molecule has 51 heavy (non-hydrogen) atoms. The van der Waals surface area contributed by atoms with E-state index in [9.17, 15) is 19.8 Å².